The number of ether oxygens (including phenoxy) is 1. The molecule has 2 aromatic rings. The Kier molecular flexibility index (Phi) is 3.72. The van der Waals surface area contributed by atoms with Crippen molar-refractivity contribution in [1.29, 1.82) is 0 Å². The first kappa shape index (κ1) is 13.0. The monoisotopic (exact) mass is 260 g/mol. The minimum Gasteiger partial charge on any atom is -0.438 e. The van der Waals surface area contributed by atoms with Crippen molar-refractivity contribution in [3.05, 3.63) is 58.3 Å². The maximum atomic E-state index is 10.7. The van der Waals surface area contributed by atoms with Crippen LogP contribution in [0, 0.1) is 10.1 Å². The quantitative estimate of drug-likeness (QED) is 0.674. The Morgan fingerprint density at radius 2 is 2.16 bits per heavy atom. The van der Waals surface area contributed by atoms with Crippen LogP contribution in [0.4, 0.5) is 5.69 Å². The molecule has 0 bridgehead atoms. The summed E-state index contributed by atoms with van der Waals surface area (Å²) in [6, 6.07) is 9.17. The molecule has 6 nitrogen and oxygen atoms in total. The normalized spacial score (nSPS) is 11.9. The Balaban J connectivity index is 2.31. The maximum absolute atomic E-state index is 10.7. The first-order valence-electron chi connectivity index (χ1n) is 5.63. The van der Waals surface area contributed by atoms with Gasteiger partial charge in [-0.3, -0.25) is 10.1 Å². The first-order chi connectivity index (χ1) is 9.08. The summed E-state index contributed by atoms with van der Waals surface area (Å²) in [6.07, 6.45) is 0.792. The van der Waals surface area contributed by atoms with Crippen molar-refractivity contribution in [3.8, 4) is 11.6 Å². The van der Waals surface area contributed by atoms with Crippen LogP contribution in [-0.4, -0.2) is 15.0 Å². The van der Waals surface area contributed by atoms with Gasteiger partial charge in [-0.2, -0.15) is 0 Å². The predicted octanol–water partition coefficient (Wildman–Crippen LogP) is 2.84. The van der Waals surface area contributed by atoms with Crippen molar-refractivity contribution in [2.24, 2.45) is 0 Å². The van der Waals surface area contributed by atoms with Gasteiger partial charge in [-0.1, -0.05) is 6.07 Å². The zero-order valence-electron chi connectivity index (χ0n) is 10.2. The summed E-state index contributed by atoms with van der Waals surface area (Å²) in [6.45, 7) is 1.59. The number of aromatic nitrogens is 1. The van der Waals surface area contributed by atoms with E-state index in [-0.39, 0.29) is 11.6 Å². The number of aliphatic hydroxyl groups excluding tert-OH is 1. The largest absolute Gasteiger partial charge is 0.438 e. The smallest absolute Gasteiger partial charge is 0.273 e. The number of hydrogen-bond acceptors (Lipinski definition) is 5. The lowest BCUT2D eigenvalue weighted by Gasteiger charge is -2.11. The standard InChI is InChI=1S/C13H12N2O4/c1-9(16)12-6-3-7-14-13(12)19-11-5-2-4-10(8-11)15(17)18/h2-9,16H,1H3. The van der Waals surface area contributed by atoms with Gasteiger partial charge in [-0.05, 0) is 25.1 Å². The summed E-state index contributed by atoms with van der Waals surface area (Å²) < 4.78 is 5.49. The maximum Gasteiger partial charge on any atom is 0.273 e. The number of pyridine rings is 1. The number of rotatable bonds is 4. The summed E-state index contributed by atoms with van der Waals surface area (Å²) in [5.41, 5.74) is 0.459. The molecule has 0 aliphatic heterocycles. The number of hydrogen-bond donors (Lipinski definition) is 1. The Morgan fingerprint density at radius 1 is 1.37 bits per heavy atom. The fourth-order valence-electron chi connectivity index (χ4n) is 1.58. The van der Waals surface area contributed by atoms with Gasteiger partial charge in [0.25, 0.3) is 5.69 Å². The molecule has 1 aromatic heterocycles. The van der Waals surface area contributed by atoms with Crippen molar-refractivity contribution in [3.63, 3.8) is 0 Å². The first-order valence-corrected chi connectivity index (χ1v) is 5.63. The van der Waals surface area contributed by atoms with E-state index in [0.29, 0.717) is 11.3 Å². The highest BCUT2D eigenvalue weighted by Gasteiger charge is 2.12. The Bertz CT molecular complexity index is 599. The second-order valence-electron chi connectivity index (χ2n) is 3.93. The van der Waals surface area contributed by atoms with Crippen LogP contribution in [0.1, 0.15) is 18.6 Å². The molecular weight excluding hydrogens is 248 g/mol. The van der Waals surface area contributed by atoms with E-state index < -0.39 is 11.0 Å². The summed E-state index contributed by atoms with van der Waals surface area (Å²) in [5.74, 6) is 0.535. The fourth-order valence-corrected chi connectivity index (χ4v) is 1.58. The Hall–Kier alpha value is -2.47. The summed E-state index contributed by atoms with van der Waals surface area (Å²) in [4.78, 5) is 14.2. The van der Waals surface area contributed by atoms with Crippen LogP contribution in [0.25, 0.3) is 0 Å². The van der Waals surface area contributed by atoms with Gasteiger partial charge in [0, 0.05) is 17.8 Å². The summed E-state index contributed by atoms with van der Waals surface area (Å²) >= 11 is 0. The van der Waals surface area contributed by atoms with Gasteiger partial charge >= 0.3 is 0 Å². The number of nitro groups is 1. The third-order valence-corrected chi connectivity index (χ3v) is 2.49. The molecule has 1 atom stereocenters. The lowest BCUT2D eigenvalue weighted by atomic mass is 10.2. The van der Waals surface area contributed by atoms with Gasteiger partial charge in [-0.15, -0.1) is 0 Å². The zero-order chi connectivity index (χ0) is 13.8. The lowest BCUT2D eigenvalue weighted by molar-refractivity contribution is -0.384. The van der Waals surface area contributed by atoms with Crippen LogP contribution in [0.2, 0.25) is 0 Å². The van der Waals surface area contributed by atoms with Crippen LogP contribution in [-0.2, 0) is 0 Å². The number of aliphatic hydroxyl groups is 1. The fraction of sp³-hybridized carbons (Fsp3) is 0.154. The molecule has 0 radical (unpaired) electrons. The van der Waals surface area contributed by atoms with Crippen LogP contribution in [0.15, 0.2) is 42.6 Å². The molecule has 0 aliphatic carbocycles. The van der Waals surface area contributed by atoms with Crippen molar-refractivity contribution >= 4 is 5.69 Å². The molecule has 98 valence electrons. The predicted molar refractivity (Wildman–Crippen MR) is 68.0 cm³/mol. The van der Waals surface area contributed by atoms with Crippen LogP contribution < -0.4 is 4.74 Å². The molecule has 0 amide bonds. The van der Waals surface area contributed by atoms with Crippen LogP contribution in [0.5, 0.6) is 11.6 Å². The Morgan fingerprint density at radius 3 is 2.84 bits per heavy atom. The molecule has 1 aromatic carbocycles. The minimum absolute atomic E-state index is 0.0629. The van der Waals surface area contributed by atoms with E-state index in [1.165, 1.54) is 24.4 Å². The van der Waals surface area contributed by atoms with Gasteiger partial charge in [-0.25, -0.2) is 4.98 Å². The molecule has 0 saturated heterocycles. The van der Waals surface area contributed by atoms with Gasteiger partial charge in [0.2, 0.25) is 5.88 Å². The molecule has 19 heavy (non-hydrogen) atoms. The summed E-state index contributed by atoms with van der Waals surface area (Å²) in [5, 5.41) is 20.3. The third kappa shape index (κ3) is 3.05. The molecule has 1 unspecified atom stereocenters. The molecule has 0 spiro atoms. The molecule has 2 rings (SSSR count). The Labute approximate surface area is 109 Å². The van der Waals surface area contributed by atoms with E-state index >= 15 is 0 Å². The average molecular weight is 260 g/mol. The topological polar surface area (TPSA) is 85.5 Å². The number of non-ortho nitro benzene ring substituents is 1. The van der Waals surface area contributed by atoms with E-state index in [1.54, 1.807) is 25.1 Å². The number of nitrogens with zero attached hydrogens (tertiary/aromatic N) is 2. The lowest BCUT2D eigenvalue weighted by Crippen LogP contribution is -1.98. The third-order valence-electron chi connectivity index (χ3n) is 2.49. The highest BCUT2D eigenvalue weighted by molar-refractivity contribution is 5.40. The second kappa shape index (κ2) is 5.45. The van der Waals surface area contributed by atoms with E-state index in [0.717, 1.165) is 0 Å². The molecule has 0 aliphatic rings. The van der Waals surface area contributed by atoms with Crippen LogP contribution >= 0.6 is 0 Å². The van der Waals surface area contributed by atoms with Crippen molar-refractivity contribution < 1.29 is 14.8 Å². The highest BCUT2D eigenvalue weighted by atomic mass is 16.6. The molecule has 6 heteroatoms. The van der Waals surface area contributed by atoms with Crippen molar-refractivity contribution in [2.45, 2.75) is 13.0 Å². The minimum atomic E-state index is -0.734. The molecular formula is C13H12N2O4. The SMILES string of the molecule is CC(O)c1cccnc1Oc1cccc([N+](=O)[O-])c1. The number of nitro benzene ring substituents is 1. The molecule has 0 fully saturated rings. The highest BCUT2D eigenvalue weighted by Crippen LogP contribution is 2.28. The second-order valence-corrected chi connectivity index (χ2v) is 3.93. The van der Waals surface area contributed by atoms with Crippen molar-refractivity contribution in [1.82, 2.24) is 4.98 Å². The number of benzene rings is 1. The van der Waals surface area contributed by atoms with Crippen molar-refractivity contribution in [2.75, 3.05) is 0 Å². The summed E-state index contributed by atoms with van der Waals surface area (Å²) in [7, 11) is 0. The van der Waals surface area contributed by atoms with E-state index in [2.05, 4.69) is 4.98 Å². The molecule has 1 heterocycles. The van der Waals surface area contributed by atoms with E-state index in [1.807, 2.05) is 0 Å². The van der Waals surface area contributed by atoms with Gasteiger partial charge in [0.05, 0.1) is 17.1 Å². The van der Waals surface area contributed by atoms with Gasteiger partial charge < -0.3 is 9.84 Å². The van der Waals surface area contributed by atoms with Gasteiger partial charge in [0.1, 0.15) is 5.75 Å². The van der Waals surface area contributed by atoms with E-state index in [4.69, 9.17) is 4.74 Å². The average Bonchev–Trinajstić information content (AvgIpc) is 2.39. The zero-order valence-corrected chi connectivity index (χ0v) is 10.2. The van der Waals surface area contributed by atoms with E-state index in [9.17, 15) is 15.2 Å². The molecule has 1 N–H and O–H groups in total. The van der Waals surface area contributed by atoms with Gasteiger partial charge in [0.15, 0.2) is 0 Å². The van der Waals surface area contributed by atoms with Crippen LogP contribution in [0.3, 0.4) is 0 Å². The molecule has 0 saturated carbocycles.